The van der Waals surface area contributed by atoms with Crippen molar-refractivity contribution < 1.29 is 28.2 Å². The number of carbonyl (C=O) groups is 1. The second-order valence-corrected chi connectivity index (χ2v) is 16.3. The summed E-state index contributed by atoms with van der Waals surface area (Å²) in [5.74, 6) is 2.64. The minimum absolute atomic E-state index is 0.0530. The third-order valence-corrected chi connectivity index (χ3v) is 12.6. The topological polar surface area (TPSA) is 103 Å². The highest BCUT2D eigenvalue weighted by Gasteiger charge is 2.54. The first-order valence-electron chi connectivity index (χ1n) is 19.4. The average Bonchev–Trinajstić information content (AvgIpc) is 3.28. The van der Waals surface area contributed by atoms with Crippen LogP contribution in [0.1, 0.15) is 75.1 Å². The molecule has 5 aliphatic rings. The Morgan fingerprint density at radius 1 is 1.17 bits per heavy atom. The number of likely N-dealkylation sites (tertiary alicyclic amines) is 1. The molecule has 1 aliphatic carbocycles. The van der Waals surface area contributed by atoms with Gasteiger partial charge in [-0.25, -0.2) is 8.78 Å². The molecule has 3 saturated heterocycles. The quantitative estimate of drug-likeness (QED) is 0.219. The summed E-state index contributed by atoms with van der Waals surface area (Å²) in [6.07, 6.45) is 14.1. The minimum Gasteiger partial charge on any atom is -0.508 e. The van der Waals surface area contributed by atoms with Gasteiger partial charge in [0, 0.05) is 80.6 Å². The molecule has 4 aliphatic heterocycles. The van der Waals surface area contributed by atoms with Gasteiger partial charge < -0.3 is 29.7 Å². The van der Waals surface area contributed by atoms with Crippen molar-refractivity contribution in [2.75, 3.05) is 55.8 Å². The highest BCUT2D eigenvalue weighted by molar-refractivity contribution is 6.00. The number of aromatic hydroxyl groups is 1. The van der Waals surface area contributed by atoms with Crippen LogP contribution < -0.4 is 19.9 Å². The van der Waals surface area contributed by atoms with Crippen LogP contribution in [0.4, 0.5) is 20.3 Å². The first kappa shape index (κ1) is 36.5. The molecular formula is C42H50F2N6O4. The summed E-state index contributed by atoms with van der Waals surface area (Å²) in [6.45, 7) is 10.2. The van der Waals surface area contributed by atoms with Crippen molar-refractivity contribution in [3.05, 3.63) is 59.6 Å². The van der Waals surface area contributed by atoms with Crippen molar-refractivity contribution in [1.82, 2.24) is 20.2 Å². The van der Waals surface area contributed by atoms with Gasteiger partial charge in [0.05, 0.1) is 23.3 Å². The first-order chi connectivity index (χ1) is 26.1. The molecule has 12 heteroatoms. The molecule has 1 saturated carbocycles. The van der Waals surface area contributed by atoms with Crippen LogP contribution in [0.3, 0.4) is 0 Å². The van der Waals surface area contributed by atoms with Crippen LogP contribution in [0.2, 0.25) is 0 Å². The lowest BCUT2D eigenvalue weighted by molar-refractivity contribution is -0.117. The van der Waals surface area contributed by atoms with E-state index in [9.17, 15) is 9.90 Å². The number of hydrogen-bond donors (Lipinski definition) is 2. The summed E-state index contributed by atoms with van der Waals surface area (Å²) in [4.78, 5) is 29.0. The van der Waals surface area contributed by atoms with E-state index in [2.05, 4.69) is 39.4 Å². The number of amides is 1. The number of ether oxygens (including phenoxy) is 2. The summed E-state index contributed by atoms with van der Waals surface area (Å²) in [5.41, 5.74) is 2.29. The maximum atomic E-state index is 15.2. The Hall–Kier alpha value is -4.47. The second kappa shape index (κ2) is 14.6. The third-order valence-electron chi connectivity index (χ3n) is 12.6. The van der Waals surface area contributed by atoms with E-state index >= 15 is 8.78 Å². The monoisotopic (exact) mass is 740 g/mol. The molecule has 8 rings (SSSR count). The number of rotatable bonds is 8. The molecule has 1 amide bonds. The van der Waals surface area contributed by atoms with Gasteiger partial charge in [0.25, 0.3) is 0 Å². The molecule has 1 unspecified atom stereocenters. The Bertz CT molecular complexity index is 1970. The minimum atomic E-state index is -0.937. The molecule has 3 atom stereocenters. The van der Waals surface area contributed by atoms with Crippen LogP contribution >= 0.6 is 0 Å². The van der Waals surface area contributed by atoms with Crippen LogP contribution in [-0.2, 0) is 22.5 Å². The van der Waals surface area contributed by atoms with Crippen molar-refractivity contribution in [3.63, 3.8) is 0 Å². The number of aromatic nitrogens is 2. The Morgan fingerprint density at radius 2 is 1.98 bits per heavy atom. The van der Waals surface area contributed by atoms with Crippen LogP contribution in [-0.4, -0.2) is 95.7 Å². The van der Waals surface area contributed by atoms with Crippen molar-refractivity contribution in [3.8, 4) is 24.1 Å². The van der Waals surface area contributed by atoms with Crippen LogP contribution in [0.15, 0.2) is 36.9 Å². The van der Waals surface area contributed by atoms with Gasteiger partial charge in [-0.1, -0.05) is 18.6 Å². The number of anilines is 2. The van der Waals surface area contributed by atoms with Gasteiger partial charge in [0.15, 0.2) is 0 Å². The zero-order valence-electron chi connectivity index (χ0n) is 31.1. The maximum absolute atomic E-state index is 15.2. The predicted molar refractivity (Wildman–Crippen MR) is 204 cm³/mol. The Labute approximate surface area is 315 Å². The van der Waals surface area contributed by atoms with Gasteiger partial charge >= 0.3 is 6.01 Å². The van der Waals surface area contributed by atoms with E-state index in [-0.39, 0.29) is 35.9 Å². The molecule has 0 radical (unpaired) electrons. The van der Waals surface area contributed by atoms with Crippen LogP contribution in [0, 0.1) is 23.6 Å². The Morgan fingerprint density at radius 3 is 2.76 bits per heavy atom. The smallest absolute Gasteiger partial charge is 0.318 e. The number of benzene rings is 2. The molecular weight excluding hydrogens is 690 g/mol. The standard InChI is InChI=1S/C42H50F2N6O4/c1-4-32-34(44)10-9-27-18-31(51)19-36(38(27)32)48-15-11-33-35(25-48)46-40(47-39(33)49-14-7-6-8-29(24-49)45-37(52)5-2)54-26-41(3)20-28(43)23-50(41)30-21-42(22-30)12-16-53-17-13-42/h1,5,9-10,18-19,28-30,51H,2,6-8,11-17,20-26H2,3H3,(H,45,52)/t28-,29?,41+/m1/s1. The highest BCUT2D eigenvalue weighted by atomic mass is 19.1. The zero-order chi connectivity index (χ0) is 37.6. The normalized spacial score (nSPS) is 25.8. The number of phenols is 1. The third kappa shape index (κ3) is 6.97. The molecule has 54 heavy (non-hydrogen) atoms. The van der Waals surface area contributed by atoms with E-state index < -0.39 is 17.5 Å². The molecule has 2 aromatic carbocycles. The van der Waals surface area contributed by atoms with E-state index in [4.69, 9.17) is 25.9 Å². The number of phenolic OH excluding ortho intramolecular Hbond substituents is 1. The molecule has 1 aromatic heterocycles. The molecule has 4 fully saturated rings. The average molecular weight is 741 g/mol. The van der Waals surface area contributed by atoms with Gasteiger partial charge in [0.2, 0.25) is 5.91 Å². The van der Waals surface area contributed by atoms with E-state index in [0.717, 1.165) is 81.8 Å². The Kier molecular flexibility index (Phi) is 9.90. The summed E-state index contributed by atoms with van der Waals surface area (Å²) >= 11 is 0. The van der Waals surface area contributed by atoms with Gasteiger partial charge in [-0.15, -0.1) is 6.42 Å². The molecule has 1 spiro atoms. The van der Waals surface area contributed by atoms with Gasteiger partial charge in [-0.05, 0) is 87.3 Å². The summed E-state index contributed by atoms with van der Waals surface area (Å²) in [7, 11) is 0. The summed E-state index contributed by atoms with van der Waals surface area (Å²) < 4.78 is 42.5. The summed E-state index contributed by atoms with van der Waals surface area (Å²) in [5, 5.41) is 15.0. The second-order valence-electron chi connectivity index (χ2n) is 16.3. The van der Waals surface area contributed by atoms with Crippen LogP contribution in [0.25, 0.3) is 10.8 Å². The molecule has 286 valence electrons. The van der Waals surface area contributed by atoms with Crippen molar-refractivity contribution in [2.45, 2.75) is 95.1 Å². The SMILES string of the molecule is C#Cc1c(F)ccc2cc(O)cc(N3CCc4c(nc(OC[C@]5(C)C[C@@H](F)CN5C5CC6(CCOCC6)C5)nc4N4CCCCC(NC(=O)C=C)C4)C3)c12. The van der Waals surface area contributed by atoms with E-state index in [1.54, 1.807) is 18.2 Å². The number of fused-ring (bicyclic) bond motifs is 2. The Balaban J connectivity index is 1.11. The van der Waals surface area contributed by atoms with Crippen LogP contribution in [0.5, 0.6) is 11.8 Å². The first-order valence-corrected chi connectivity index (χ1v) is 19.4. The number of terminal acetylenes is 1. The van der Waals surface area contributed by atoms with Gasteiger partial charge in [0.1, 0.15) is 30.2 Å². The van der Waals surface area contributed by atoms with E-state index in [0.29, 0.717) is 66.9 Å². The van der Waals surface area contributed by atoms with Gasteiger partial charge in [-0.2, -0.15) is 9.97 Å². The predicted octanol–water partition coefficient (Wildman–Crippen LogP) is 5.82. The largest absolute Gasteiger partial charge is 0.508 e. The fraction of sp³-hybridized carbons (Fsp3) is 0.548. The number of hydrogen-bond acceptors (Lipinski definition) is 9. The van der Waals surface area contributed by atoms with Crippen molar-refractivity contribution >= 4 is 28.2 Å². The number of carbonyl (C=O) groups excluding carboxylic acids is 1. The number of nitrogens with one attached hydrogen (secondary N) is 1. The lowest BCUT2D eigenvalue weighted by Gasteiger charge is -2.55. The van der Waals surface area contributed by atoms with Crippen molar-refractivity contribution in [1.29, 1.82) is 0 Å². The zero-order valence-corrected chi connectivity index (χ0v) is 31.1. The number of nitrogens with zero attached hydrogens (tertiary/aromatic N) is 5. The molecule has 2 N–H and O–H groups in total. The molecule has 3 aromatic rings. The fourth-order valence-electron chi connectivity index (χ4n) is 9.84. The summed E-state index contributed by atoms with van der Waals surface area (Å²) in [6, 6.07) is 6.61. The fourth-order valence-corrected chi connectivity index (χ4v) is 9.84. The van der Waals surface area contributed by atoms with E-state index in [1.165, 1.54) is 12.1 Å². The maximum Gasteiger partial charge on any atom is 0.318 e. The van der Waals surface area contributed by atoms with Gasteiger partial charge in [-0.3, -0.25) is 9.69 Å². The van der Waals surface area contributed by atoms with E-state index in [1.807, 2.05) is 0 Å². The lowest BCUT2D eigenvalue weighted by atomic mass is 9.60. The molecule has 0 bridgehead atoms. The van der Waals surface area contributed by atoms with Crippen molar-refractivity contribution in [2.24, 2.45) is 5.41 Å². The highest BCUT2D eigenvalue weighted by Crippen LogP contribution is 2.53. The molecule has 5 heterocycles. The number of halogens is 2. The number of alkyl halides is 1. The molecule has 10 nitrogen and oxygen atoms in total. The lowest BCUT2D eigenvalue weighted by Crippen LogP contribution is -2.59.